The summed E-state index contributed by atoms with van der Waals surface area (Å²) in [6.45, 7) is 4.92. The van der Waals surface area contributed by atoms with E-state index >= 15 is 0 Å². The molecule has 2 unspecified atom stereocenters. The first-order chi connectivity index (χ1) is 8.50. The van der Waals surface area contributed by atoms with Crippen LogP contribution in [0.4, 0.5) is 0 Å². The number of carbonyl (C=O) groups excluding carboxylic acids is 1. The second-order valence-corrected chi connectivity index (χ2v) is 5.84. The monoisotopic (exact) mass is 246 g/mol. The molecule has 18 heavy (non-hydrogen) atoms. The Labute approximate surface area is 109 Å². The van der Waals surface area contributed by atoms with Crippen LogP contribution in [0.5, 0.6) is 0 Å². The molecular weight excluding hydrogens is 224 g/mol. The van der Waals surface area contributed by atoms with Crippen LogP contribution < -0.4 is 11.1 Å². The van der Waals surface area contributed by atoms with Crippen LogP contribution in [-0.4, -0.2) is 12.5 Å². The fraction of sp³-hybridized carbons (Fsp3) is 0.533. The molecular formula is C15H22N2O. The van der Waals surface area contributed by atoms with E-state index in [-0.39, 0.29) is 23.3 Å². The summed E-state index contributed by atoms with van der Waals surface area (Å²) in [4.78, 5) is 11.8. The number of amides is 1. The highest BCUT2D eigenvalue weighted by atomic mass is 16.2. The van der Waals surface area contributed by atoms with Gasteiger partial charge in [-0.05, 0) is 23.8 Å². The lowest BCUT2D eigenvalue weighted by Gasteiger charge is -2.12. The van der Waals surface area contributed by atoms with Crippen LogP contribution in [0.25, 0.3) is 0 Å². The number of nitrogens with two attached hydrogens (primary N) is 1. The average molecular weight is 246 g/mol. The molecule has 1 fully saturated rings. The molecule has 0 spiro atoms. The topological polar surface area (TPSA) is 55.1 Å². The van der Waals surface area contributed by atoms with Gasteiger partial charge in [0.1, 0.15) is 0 Å². The lowest BCUT2D eigenvalue weighted by atomic mass is 10.0. The molecule has 1 aromatic rings. The van der Waals surface area contributed by atoms with Gasteiger partial charge in [0.05, 0.1) is 0 Å². The van der Waals surface area contributed by atoms with E-state index in [1.807, 2.05) is 30.3 Å². The van der Waals surface area contributed by atoms with E-state index in [2.05, 4.69) is 19.2 Å². The smallest absolute Gasteiger partial charge is 0.223 e. The molecule has 3 nitrogen and oxygen atoms in total. The van der Waals surface area contributed by atoms with Gasteiger partial charge < -0.3 is 11.1 Å². The number of hydrogen-bond donors (Lipinski definition) is 2. The molecule has 0 saturated heterocycles. The molecule has 1 aliphatic rings. The van der Waals surface area contributed by atoms with E-state index in [0.29, 0.717) is 6.54 Å². The molecule has 3 heteroatoms. The number of carbonyl (C=O) groups is 1. The first kappa shape index (κ1) is 13.1. The van der Waals surface area contributed by atoms with E-state index in [9.17, 15) is 4.79 Å². The molecule has 1 aliphatic carbocycles. The summed E-state index contributed by atoms with van der Waals surface area (Å²) < 4.78 is 0. The van der Waals surface area contributed by atoms with E-state index < -0.39 is 0 Å². The van der Waals surface area contributed by atoms with Crippen molar-refractivity contribution in [2.45, 2.75) is 32.7 Å². The van der Waals surface area contributed by atoms with Crippen molar-refractivity contribution in [2.75, 3.05) is 6.54 Å². The maximum Gasteiger partial charge on any atom is 0.223 e. The molecule has 0 heterocycles. The molecule has 0 bridgehead atoms. The number of benzene rings is 1. The molecule has 1 saturated carbocycles. The summed E-state index contributed by atoms with van der Waals surface area (Å²) in [5.74, 6) is 0.380. The van der Waals surface area contributed by atoms with Gasteiger partial charge in [0.25, 0.3) is 0 Å². The van der Waals surface area contributed by atoms with Gasteiger partial charge in [0.2, 0.25) is 5.91 Å². The molecule has 2 rings (SSSR count). The third-order valence-electron chi connectivity index (χ3n) is 3.81. The molecule has 0 aliphatic heterocycles. The van der Waals surface area contributed by atoms with E-state index in [0.717, 1.165) is 18.4 Å². The van der Waals surface area contributed by atoms with Gasteiger partial charge in [-0.3, -0.25) is 4.79 Å². The second kappa shape index (κ2) is 5.11. The minimum Gasteiger partial charge on any atom is -0.356 e. The molecule has 1 aromatic carbocycles. The van der Waals surface area contributed by atoms with Crippen LogP contribution in [0, 0.1) is 11.3 Å². The largest absolute Gasteiger partial charge is 0.356 e. The van der Waals surface area contributed by atoms with Crippen LogP contribution in [0.3, 0.4) is 0 Å². The van der Waals surface area contributed by atoms with Gasteiger partial charge in [0.15, 0.2) is 0 Å². The lowest BCUT2D eigenvalue weighted by molar-refractivity contribution is -0.122. The van der Waals surface area contributed by atoms with Gasteiger partial charge in [-0.2, -0.15) is 0 Å². The fourth-order valence-electron chi connectivity index (χ4n) is 2.26. The molecule has 2 atom stereocenters. The van der Waals surface area contributed by atoms with Crippen LogP contribution >= 0.6 is 0 Å². The third-order valence-corrected chi connectivity index (χ3v) is 3.81. The highest BCUT2D eigenvalue weighted by Crippen LogP contribution is 2.51. The van der Waals surface area contributed by atoms with Crippen LogP contribution in [0.15, 0.2) is 30.3 Å². The third kappa shape index (κ3) is 3.10. The van der Waals surface area contributed by atoms with E-state index in [4.69, 9.17) is 5.73 Å². The summed E-state index contributed by atoms with van der Waals surface area (Å²) in [7, 11) is 0. The van der Waals surface area contributed by atoms with E-state index in [1.54, 1.807) is 0 Å². The zero-order valence-electron chi connectivity index (χ0n) is 11.1. The predicted molar refractivity (Wildman–Crippen MR) is 72.9 cm³/mol. The molecule has 3 N–H and O–H groups in total. The number of nitrogens with one attached hydrogen (secondary N) is 1. The molecule has 98 valence electrons. The van der Waals surface area contributed by atoms with Crippen molar-refractivity contribution in [3.8, 4) is 0 Å². The van der Waals surface area contributed by atoms with Crippen molar-refractivity contribution in [2.24, 2.45) is 17.1 Å². The molecule has 0 radical (unpaired) electrons. The van der Waals surface area contributed by atoms with Crippen molar-refractivity contribution in [1.29, 1.82) is 0 Å². The summed E-state index contributed by atoms with van der Waals surface area (Å²) in [5.41, 5.74) is 7.40. The van der Waals surface area contributed by atoms with Crippen molar-refractivity contribution >= 4 is 5.91 Å². The number of hydrogen-bond acceptors (Lipinski definition) is 2. The lowest BCUT2D eigenvalue weighted by Crippen LogP contribution is -2.29. The SMILES string of the molecule is CC1(C)CC1C(=O)NCCC(N)c1ccccc1. The summed E-state index contributed by atoms with van der Waals surface area (Å²) in [5, 5.41) is 2.98. The number of rotatable bonds is 5. The van der Waals surface area contributed by atoms with Crippen LogP contribution in [-0.2, 0) is 4.79 Å². The Morgan fingerprint density at radius 1 is 1.44 bits per heavy atom. The van der Waals surface area contributed by atoms with Crippen LogP contribution in [0.1, 0.15) is 38.3 Å². The maximum atomic E-state index is 11.8. The summed E-state index contributed by atoms with van der Waals surface area (Å²) in [6, 6.07) is 10.00. The Kier molecular flexibility index (Phi) is 3.71. The second-order valence-electron chi connectivity index (χ2n) is 5.84. The van der Waals surface area contributed by atoms with Crippen molar-refractivity contribution in [3.63, 3.8) is 0 Å². The fourth-order valence-corrected chi connectivity index (χ4v) is 2.26. The summed E-state index contributed by atoms with van der Waals surface area (Å²) >= 11 is 0. The van der Waals surface area contributed by atoms with Crippen molar-refractivity contribution in [3.05, 3.63) is 35.9 Å². The Bertz CT molecular complexity index is 414. The standard InChI is InChI=1S/C15H22N2O/c1-15(2)10-12(15)14(18)17-9-8-13(16)11-6-4-3-5-7-11/h3-7,12-13H,8-10,16H2,1-2H3,(H,17,18). The van der Waals surface area contributed by atoms with E-state index in [1.165, 1.54) is 0 Å². The minimum absolute atomic E-state index is 0.00119. The molecule has 0 aromatic heterocycles. The normalized spacial score (nSPS) is 22.3. The van der Waals surface area contributed by atoms with Gasteiger partial charge in [-0.25, -0.2) is 0 Å². The maximum absolute atomic E-state index is 11.8. The molecule has 1 amide bonds. The zero-order chi connectivity index (χ0) is 13.2. The van der Waals surface area contributed by atoms with Gasteiger partial charge >= 0.3 is 0 Å². The van der Waals surface area contributed by atoms with Crippen LogP contribution in [0.2, 0.25) is 0 Å². The van der Waals surface area contributed by atoms with Crippen molar-refractivity contribution < 1.29 is 4.79 Å². The first-order valence-corrected chi connectivity index (χ1v) is 6.59. The van der Waals surface area contributed by atoms with Gasteiger partial charge in [-0.1, -0.05) is 44.2 Å². The quantitative estimate of drug-likeness (QED) is 0.837. The first-order valence-electron chi connectivity index (χ1n) is 6.59. The highest BCUT2D eigenvalue weighted by Gasteiger charge is 2.50. The zero-order valence-corrected chi connectivity index (χ0v) is 11.1. The predicted octanol–water partition coefficient (Wildman–Crippen LogP) is 2.24. The van der Waals surface area contributed by atoms with Gasteiger partial charge in [0, 0.05) is 18.5 Å². The summed E-state index contributed by atoms with van der Waals surface area (Å²) in [6.07, 6.45) is 1.78. The Morgan fingerprint density at radius 2 is 2.06 bits per heavy atom. The average Bonchev–Trinajstić information content (AvgIpc) is 2.99. The highest BCUT2D eigenvalue weighted by molar-refractivity contribution is 5.82. The minimum atomic E-state index is -0.00119. The Hall–Kier alpha value is -1.35. The Balaban J connectivity index is 1.71. The van der Waals surface area contributed by atoms with Crippen molar-refractivity contribution in [1.82, 2.24) is 5.32 Å². The Morgan fingerprint density at radius 3 is 2.61 bits per heavy atom. The van der Waals surface area contributed by atoms with Gasteiger partial charge in [-0.15, -0.1) is 0 Å².